The number of nitrogens with zero attached hydrogens (tertiary/aromatic N) is 2. The highest BCUT2D eigenvalue weighted by Gasteiger charge is 2.16. The van der Waals surface area contributed by atoms with Gasteiger partial charge in [-0.15, -0.1) is 8.42 Å². The molecule has 0 N–H and O–H groups in total. The molecule has 16 heavy (non-hydrogen) atoms. The van der Waals surface area contributed by atoms with Gasteiger partial charge in [0.2, 0.25) is 12.9 Å². The summed E-state index contributed by atoms with van der Waals surface area (Å²) in [5.41, 5.74) is 0. The van der Waals surface area contributed by atoms with Gasteiger partial charge < -0.3 is 4.90 Å². The van der Waals surface area contributed by atoms with Crippen LogP contribution in [-0.2, 0) is 10.5 Å². The third-order valence-electron chi connectivity index (χ3n) is 2.76. The normalized spacial score (nSPS) is 14.8. The molecule has 0 saturated carbocycles. The van der Waals surface area contributed by atoms with Crippen LogP contribution in [0.1, 0.15) is 45.4 Å². The maximum Gasteiger partial charge on any atom is 0.466 e. The quantitative estimate of drug-likeness (QED) is 0.510. The lowest BCUT2D eigenvalue weighted by molar-refractivity contribution is -0.438. The molecule has 1 aliphatic heterocycles. The summed E-state index contributed by atoms with van der Waals surface area (Å²) in [7, 11) is -2.12. The average Bonchev–Trinajstić information content (AvgIpc) is 2.72. The van der Waals surface area contributed by atoms with Gasteiger partial charge in [-0.1, -0.05) is 43.0 Å². The maximum absolute atomic E-state index is 10.6. The Hall–Kier alpha value is -0.840. The fourth-order valence-electron chi connectivity index (χ4n) is 1.78. The van der Waals surface area contributed by atoms with E-state index >= 15 is 0 Å². The molecule has 0 aromatic heterocycles. The van der Waals surface area contributed by atoms with E-state index in [0.29, 0.717) is 6.67 Å². The first-order valence-corrected chi connectivity index (χ1v) is 7.05. The van der Waals surface area contributed by atoms with Crippen LogP contribution in [0.5, 0.6) is 0 Å². The van der Waals surface area contributed by atoms with Crippen LogP contribution in [0.25, 0.3) is 0 Å². The van der Waals surface area contributed by atoms with Crippen LogP contribution in [0, 0.1) is 0 Å². The third-order valence-corrected chi connectivity index (χ3v) is 3.38. The van der Waals surface area contributed by atoms with Crippen molar-refractivity contribution in [2.75, 3.05) is 13.2 Å². The van der Waals surface area contributed by atoms with Crippen molar-refractivity contribution in [2.45, 2.75) is 45.4 Å². The van der Waals surface area contributed by atoms with Gasteiger partial charge in [0.15, 0.2) is 0 Å². The standard InChI is InChI=1S/C11H21N2O2S/c1-2-3-4-5-6-7-8-12-9-10-13(11-12)16(14)15/h9-10H,2-8,11H2,1H3/q+1. The minimum atomic E-state index is -2.12. The largest absolute Gasteiger partial charge is 0.466 e. The SMILES string of the molecule is CCCCCCCCN1C=C[N+](=S(=O)=O)C1. The summed E-state index contributed by atoms with van der Waals surface area (Å²) in [6.07, 6.45) is 11.1. The molecular formula is C11H21N2O2S+. The Bertz CT molecular complexity index is 352. The Morgan fingerprint density at radius 2 is 1.88 bits per heavy atom. The van der Waals surface area contributed by atoms with Crippen LogP contribution in [0.3, 0.4) is 0 Å². The number of unbranched alkanes of at least 4 members (excludes halogenated alkanes) is 5. The molecule has 0 unspecified atom stereocenters. The van der Waals surface area contributed by atoms with Crippen LogP contribution in [0.15, 0.2) is 12.4 Å². The topological polar surface area (TPSA) is 40.4 Å². The maximum atomic E-state index is 10.6. The first kappa shape index (κ1) is 13.2. The zero-order valence-electron chi connectivity index (χ0n) is 9.93. The summed E-state index contributed by atoms with van der Waals surface area (Å²) in [4.78, 5) is 2.04. The molecule has 0 aromatic carbocycles. The molecule has 0 spiro atoms. The zero-order valence-corrected chi connectivity index (χ0v) is 10.7. The fraction of sp³-hybridized carbons (Fsp3) is 0.818. The molecule has 1 aliphatic rings. The van der Waals surface area contributed by atoms with E-state index in [4.69, 9.17) is 0 Å². The van der Waals surface area contributed by atoms with Gasteiger partial charge in [0.25, 0.3) is 0 Å². The van der Waals surface area contributed by atoms with Crippen molar-refractivity contribution in [1.82, 2.24) is 4.90 Å². The van der Waals surface area contributed by atoms with Gasteiger partial charge in [0, 0.05) is 6.54 Å². The molecule has 0 saturated heterocycles. The average molecular weight is 245 g/mol. The molecule has 0 fully saturated rings. The first-order chi connectivity index (χ1) is 7.74. The molecule has 0 aromatic rings. The van der Waals surface area contributed by atoms with Gasteiger partial charge in [-0.3, -0.25) is 0 Å². The van der Waals surface area contributed by atoms with E-state index in [1.807, 2.05) is 11.1 Å². The van der Waals surface area contributed by atoms with Crippen molar-refractivity contribution < 1.29 is 12.4 Å². The van der Waals surface area contributed by atoms with Crippen molar-refractivity contribution in [1.29, 1.82) is 0 Å². The predicted octanol–water partition coefficient (Wildman–Crippen LogP) is 2.17. The van der Waals surface area contributed by atoms with Crippen LogP contribution < -0.4 is 0 Å². The fourth-order valence-corrected chi connectivity index (χ4v) is 2.18. The molecule has 0 amide bonds. The number of hydrogen-bond donors (Lipinski definition) is 0. The highest BCUT2D eigenvalue weighted by atomic mass is 32.2. The Kier molecular flexibility index (Phi) is 6.15. The van der Waals surface area contributed by atoms with Gasteiger partial charge in [-0.05, 0) is 6.42 Å². The molecule has 0 radical (unpaired) electrons. The third kappa shape index (κ3) is 4.79. The van der Waals surface area contributed by atoms with Gasteiger partial charge in [-0.2, -0.15) is 0 Å². The van der Waals surface area contributed by atoms with E-state index in [1.165, 1.54) is 36.0 Å². The first-order valence-electron chi connectivity index (χ1n) is 6.02. The van der Waals surface area contributed by atoms with Gasteiger partial charge in [-0.25, -0.2) is 0 Å². The van der Waals surface area contributed by atoms with E-state index in [-0.39, 0.29) is 0 Å². The van der Waals surface area contributed by atoms with E-state index in [0.717, 1.165) is 13.0 Å². The van der Waals surface area contributed by atoms with E-state index < -0.39 is 10.5 Å². The molecular weight excluding hydrogens is 224 g/mol. The Balaban J connectivity index is 2.08. The lowest BCUT2D eigenvalue weighted by Gasteiger charge is -2.09. The minimum absolute atomic E-state index is 0.477. The van der Waals surface area contributed by atoms with Crippen molar-refractivity contribution in [3.8, 4) is 0 Å². The highest BCUT2D eigenvalue weighted by molar-refractivity contribution is 7.59. The highest BCUT2D eigenvalue weighted by Crippen LogP contribution is 2.08. The van der Waals surface area contributed by atoms with E-state index in [9.17, 15) is 8.42 Å². The molecule has 5 heteroatoms. The predicted molar refractivity (Wildman–Crippen MR) is 63.3 cm³/mol. The molecule has 1 heterocycles. The van der Waals surface area contributed by atoms with Crippen molar-refractivity contribution in [2.24, 2.45) is 0 Å². The molecule has 92 valence electrons. The van der Waals surface area contributed by atoms with Crippen molar-refractivity contribution in [3.05, 3.63) is 12.4 Å². The second kappa shape index (κ2) is 7.44. The smallest absolute Gasteiger partial charge is 0.316 e. The molecule has 0 bridgehead atoms. The van der Waals surface area contributed by atoms with Crippen LogP contribution in [0.4, 0.5) is 0 Å². The van der Waals surface area contributed by atoms with Crippen molar-refractivity contribution >= 4 is 10.5 Å². The number of hydrogen-bond acceptors (Lipinski definition) is 3. The second-order valence-electron chi connectivity index (χ2n) is 4.15. The lowest BCUT2D eigenvalue weighted by Crippen LogP contribution is -2.20. The summed E-state index contributed by atoms with van der Waals surface area (Å²) < 4.78 is 22.6. The van der Waals surface area contributed by atoms with Gasteiger partial charge in [0.1, 0.15) is 0 Å². The lowest BCUT2D eigenvalue weighted by atomic mass is 10.1. The van der Waals surface area contributed by atoms with Crippen LogP contribution in [-0.4, -0.2) is 30.5 Å². The van der Waals surface area contributed by atoms with Crippen molar-refractivity contribution in [3.63, 3.8) is 0 Å². The van der Waals surface area contributed by atoms with Gasteiger partial charge >= 0.3 is 10.5 Å². The molecule has 4 nitrogen and oxygen atoms in total. The Labute approximate surface area is 99.3 Å². The summed E-state index contributed by atoms with van der Waals surface area (Å²) >= 11 is 0. The van der Waals surface area contributed by atoms with E-state index in [1.54, 1.807) is 6.20 Å². The molecule has 1 rings (SSSR count). The minimum Gasteiger partial charge on any atom is -0.316 e. The Morgan fingerprint density at radius 1 is 1.19 bits per heavy atom. The number of rotatable bonds is 7. The Morgan fingerprint density at radius 3 is 2.50 bits per heavy atom. The summed E-state index contributed by atoms with van der Waals surface area (Å²) in [5.74, 6) is 0. The monoisotopic (exact) mass is 245 g/mol. The summed E-state index contributed by atoms with van der Waals surface area (Å²) in [6, 6.07) is 0. The summed E-state index contributed by atoms with van der Waals surface area (Å²) in [5, 5.41) is 0. The molecule has 0 atom stereocenters. The zero-order chi connectivity index (χ0) is 11.8. The second-order valence-corrected chi connectivity index (χ2v) is 5.06. The van der Waals surface area contributed by atoms with Gasteiger partial charge in [0.05, 0.1) is 6.20 Å². The summed E-state index contributed by atoms with van der Waals surface area (Å²) in [6.45, 7) is 3.65. The molecule has 0 aliphatic carbocycles. The van der Waals surface area contributed by atoms with E-state index in [2.05, 4.69) is 6.92 Å². The van der Waals surface area contributed by atoms with Crippen LogP contribution in [0.2, 0.25) is 0 Å². The van der Waals surface area contributed by atoms with Crippen LogP contribution >= 0.6 is 0 Å².